The summed E-state index contributed by atoms with van der Waals surface area (Å²) in [6.07, 6.45) is 1.54. The number of likely N-dealkylation sites (tertiary alicyclic amines) is 1. The second-order valence-corrected chi connectivity index (χ2v) is 7.56. The van der Waals surface area contributed by atoms with Crippen molar-refractivity contribution in [3.63, 3.8) is 0 Å². The summed E-state index contributed by atoms with van der Waals surface area (Å²) >= 11 is 0. The molecule has 1 aliphatic rings. The van der Waals surface area contributed by atoms with Crippen LogP contribution in [0.4, 0.5) is 8.78 Å². The van der Waals surface area contributed by atoms with Gasteiger partial charge in [0.2, 0.25) is 11.8 Å². The molecule has 0 bridgehead atoms. The van der Waals surface area contributed by atoms with Crippen LogP contribution in [0, 0.1) is 23.0 Å². The van der Waals surface area contributed by atoms with Crippen molar-refractivity contribution in [2.24, 2.45) is 11.3 Å². The first kappa shape index (κ1) is 20.1. The van der Waals surface area contributed by atoms with Gasteiger partial charge >= 0.3 is 0 Å². The lowest BCUT2D eigenvalue weighted by Gasteiger charge is -2.35. The molecular formula is C19H26F2N2O3. The first-order chi connectivity index (χ1) is 12.2. The minimum Gasteiger partial charge on any atom is -0.492 e. The smallest absolute Gasteiger partial charge is 0.227 e. The molecule has 2 rings (SSSR count). The fourth-order valence-corrected chi connectivity index (χ4v) is 2.90. The van der Waals surface area contributed by atoms with E-state index in [1.54, 1.807) is 4.90 Å². The lowest BCUT2D eigenvalue weighted by Crippen LogP contribution is -2.49. The van der Waals surface area contributed by atoms with Gasteiger partial charge in [-0.25, -0.2) is 8.78 Å². The first-order valence-corrected chi connectivity index (χ1v) is 8.83. The van der Waals surface area contributed by atoms with Crippen LogP contribution < -0.4 is 10.1 Å². The maximum absolute atomic E-state index is 13.1. The summed E-state index contributed by atoms with van der Waals surface area (Å²) in [5, 5.41) is 2.78. The zero-order valence-corrected chi connectivity index (χ0v) is 15.5. The Morgan fingerprint density at radius 3 is 2.65 bits per heavy atom. The number of carbonyl (C=O) groups is 2. The fourth-order valence-electron chi connectivity index (χ4n) is 2.90. The molecule has 144 valence electrons. The Kier molecular flexibility index (Phi) is 6.56. The summed E-state index contributed by atoms with van der Waals surface area (Å²) in [5.41, 5.74) is -0.462. The molecule has 1 aliphatic heterocycles. The maximum Gasteiger partial charge on any atom is 0.227 e. The van der Waals surface area contributed by atoms with Gasteiger partial charge in [0.15, 0.2) is 11.6 Å². The molecule has 1 fully saturated rings. The van der Waals surface area contributed by atoms with Gasteiger partial charge in [0.05, 0.1) is 12.5 Å². The predicted molar refractivity (Wildman–Crippen MR) is 93.6 cm³/mol. The molecule has 1 heterocycles. The first-order valence-electron chi connectivity index (χ1n) is 8.83. The average molecular weight is 368 g/mol. The molecule has 0 spiro atoms. The van der Waals surface area contributed by atoms with Crippen LogP contribution in [0.15, 0.2) is 18.2 Å². The van der Waals surface area contributed by atoms with Gasteiger partial charge in [0, 0.05) is 24.6 Å². The Morgan fingerprint density at radius 2 is 2.00 bits per heavy atom. The number of rotatable bonds is 5. The third kappa shape index (κ3) is 5.41. The SMILES string of the molecule is CC(C)(C)C(=O)N1CCC[C@@H](C(=O)NCCOc2ccc(F)c(F)c2)C1. The van der Waals surface area contributed by atoms with Gasteiger partial charge in [-0.15, -0.1) is 0 Å². The predicted octanol–water partition coefficient (Wildman–Crippen LogP) is 2.74. The molecule has 0 radical (unpaired) electrons. The average Bonchev–Trinajstić information content (AvgIpc) is 2.60. The second-order valence-electron chi connectivity index (χ2n) is 7.56. The van der Waals surface area contributed by atoms with Gasteiger partial charge < -0.3 is 15.0 Å². The molecule has 0 saturated carbocycles. The number of benzene rings is 1. The van der Waals surface area contributed by atoms with Crippen LogP contribution in [0.25, 0.3) is 0 Å². The van der Waals surface area contributed by atoms with Gasteiger partial charge in [-0.1, -0.05) is 20.8 Å². The number of nitrogens with zero attached hydrogens (tertiary/aromatic N) is 1. The van der Waals surface area contributed by atoms with Crippen molar-refractivity contribution < 1.29 is 23.1 Å². The molecule has 1 aromatic carbocycles. The van der Waals surface area contributed by atoms with Gasteiger partial charge in [-0.2, -0.15) is 0 Å². The molecular weight excluding hydrogens is 342 g/mol. The number of piperidine rings is 1. The highest BCUT2D eigenvalue weighted by Gasteiger charge is 2.33. The molecule has 0 unspecified atom stereocenters. The summed E-state index contributed by atoms with van der Waals surface area (Å²) in [5.74, 6) is -2.01. The van der Waals surface area contributed by atoms with Crippen LogP contribution in [0.5, 0.6) is 5.75 Å². The molecule has 5 nitrogen and oxygen atoms in total. The summed E-state index contributed by atoms with van der Waals surface area (Å²) in [6, 6.07) is 3.29. The van der Waals surface area contributed by atoms with E-state index in [1.165, 1.54) is 6.07 Å². The quantitative estimate of drug-likeness (QED) is 0.813. The molecule has 7 heteroatoms. The third-order valence-corrected chi connectivity index (χ3v) is 4.28. The summed E-state index contributed by atoms with van der Waals surface area (Å²) in [6.45, 7) is 7.11. The van der Waals surface area contributed by atoms with Crippen LogP contribution in [-0.4, -0.2) is 43.0 Å². The summed E-state index contributed by atoms with van der Waals surface area (Å²) in [4.78, 5) is 26.4. The minimum atomic E-state index is -0.975. The van der Waals surface area contributed by atoms with E-state index in [4.69, 9.17) is 4.74 Å². The number of carbonyl (C=O) groups excluding carboxylic acids is 2. The van der Waals surface area contributed by atoms with E-state index < -0.39 is 17.0 Å². The number of hydrogen-bond acceptors (Lipinski definition) is 3. The largest absolute Gasteiger partial charge is 0.492 e. The highest BCUT2D eigenvalue weighted by Crippen LogP contribution is 2.23. The van der Waals surface area contributed by atoms with Crippen LogP contribution in [0.3, 0.4) is 0 Å². The molecule has 1 aromatic rings. The van der Waals surface area contributed by atoms with E-state index in [0.29, 0.717) is 13.1 Å². The lowest BCUT2D eigenvalue weighted by molar-refractivity contribution is -0.142. The van der Waals surface area contributed by atoms with E-state index in [2.05, 4.69) is 5.32 Å². The number of halogens is 2. The zero-order valence-electron chi connectivity index (χ0n) is 15.5. The standard InChI is InChI=1S/C19H26F2N2O3/c1-19(2,3)18(25)23-9-4-5-13(12-23)17(24)22-8-10-26-14-6-7-15(20)16(21)11-14/h6-7,11,13H,4-5,8-10,12H2,1-3H3,(H,22,24)/t13-/m1/s1. The van der Waals surface area contributed by atoms with Gasteiger partial charge in [-0.05, 0) is 25.0 Å². The normalized spacial score (nSPS) is 17.7. The van der Waals surface area contributed by atoms with E-state index >= 15 is 0 Å². The maximum atomic E-state index is 13.1. The number of nitrogens with one attached hydrogen (secondary N) is 1. The van der Waals surface area contributed by atoms with Crippen molar-refractivity contribution in [1.82, 2.24) is 10.2 Å². The van der Waals surface area contributed by atoms with Crippen molar-refractivity contribution in [2.75, 3.05) is 26.2 Å². The van der Waals surface area contributed by atoms with Crippen LogP contribution in [0.1, 0.15) is 33.6 Å². The fraction of sp³-hybridized carbons (Fsp3) is 0.579. The Morgan fingerprint density at radius 1 is 1.27 bits per heavy atom. The van der Waals surface area contributed by atoms with Gasteiger partial charge in [-0.3, -0.25) is 9.59 Å². The Bertz CT molecular complexity index is 659. The van der Waals surface area contributed by atoms with Crippen LogP contribution in [-0.2, 0) is 9.59 Å². The van der Waals surface area contributed by atoms with Crippen molar-refractivity contribution in [3.8, 4) is 5.75 Å². The number of amides is 2. The topological polar surface area (TPSA) is 58.6 Å². The zero-order chi connectivity index (χ0) is 19.3. The van der Waals surface area contributed by atoms with Crippen molar-refractivity contribution in [3.05, 3.63) is 29.8 Å². The van der Waals surface area contributed by atoms with E-state index in [1.807, 2.05) is 20.8 Å². The molecule has 2 amide bonds. The number of ether oxygens (including phenoxy) is 1. The Balaban J connectivity index is 1.76. The van der Waals surface area contributed by atoms with Crippen molar-refractivity contribution >= 4 is 11.8 Å². The highest BCUT2D eigenvalue weighted by atomic mass is 19.2. The molecule has 0 aromatic heterocycles. The van der Waals surface area contributed by atoms with Gasteiger partial charge in [0.1, 0.15) is 12.4 Å². The van der Waals surface area contributed by atoms with Crippen LogP contribution >= 0.6 is 0 Å². The molecule has 26 heavy (non-hydrogen) atoms. The van der Waals surface area contributed by atoms with E-state index in [-0.39, 0.29) is 36.6 Å². The summed E-state index contributed by atoms with van der Waals surface area (Å²) < 4.78 is 31.2. The third-order valence-electron chi connectivity index (χ3n) is 4.28. The number of hydrogen-bond donors (Lipinski definition) is 1. The Labute approximate surface area is 152 Å². The molecule has 1 N–H and O–H groups in total. The Hall–Kier alpha value is -2.18. The van der Waals surface area contributed by atoms with Crippen LogP contribution in [0.2, 0.25) is 0 Å². The van der Waals surface area contributed by atoms with Gasteiger partial charge in [0.25, 0.3) is 0 Å². The van der Waals surface area contributed by atoms with Crippen molar-refractivity contribution in [2.45, 2.75) is 33.6 Å². The lowest BCUT2D eigenvalue weighted by atomic mass is 9.91. The summed E-state index contributed by atoms with van der Waals surface area (Å²) in [7, 11) is 0. The minimum absolute atomic E-state index is 0.0525. The van der Waals surface area contributed by atoms with Crippen molar-refractivity contribution in [1.29, 1.82) is 0 Å². The van der Waals surface area contributed by atoms with E-state index in [0.717, 1.165) is 25.0 Å². The second kappa shape index (κ2) is 8.47. The molecule has 1 saturated heterocycles. The monoisotopic (exact) mass is 368 g/mol. The van der Waals surface area contributed by atoms with E-state index in [9.17, 15) is 18.4 Å². The molecule has 0 aliphatic carbocycles. The molecule has 1 atom stereocenters. The highest BCUT2D eigenvalue weighted by molar-refractivity contribution is 5.83.